The minimum Gasteiger partial charge on any atom is -0.497 e. The molecule has 0 bridgehead atoms. The first-order valence-electron chi connectivity index (χ1n) is 9.61. The summed E-state index contributed by atoms with van der Waals surface area (Å²) < 4.78 is 5.28. The van der Waals surface area contributed by atoms with Crippen molar-refractivity contribution in [2.75, 3.05) is 20.2 Å². The Labute approximate surface area is 161 Å². The molecule has 2 fully saturated rings. The summed E-state index contributed by atoms with van der Waals surface area (Å²) in [5.41, 5.74) is 10.1. The molecule has 27 heavy (non-hydrogen) atoms. The average molecular weight is 364 g/mol. The van der Waals surface area contributed by atoms with Gasteiger partial charge in [-0.15, -0.1) is 0 Å². The monoisotopic (exact) mass is 364 g/mol. The van der Waals surface area contributed by atoms with E-state index in [-0.39, 0.29) is 11.8 Å². The van der Waals surface area contributed by atoms with Gasteiger partial charge in [-0.1, -0.05) is 42.5 Å². The van der Waals surface area contributed by atoms with Crippen LogP contribution in [0, 0.1) is 0 Å². The van der Waals surface area contributed by atoms with Crippen molar-refractivity contribution in [3.8, 4) is 5.75 Å². The van der Waals surface area contributed by atoms with Crippen LogP contribution in [-0.2, 0) is 6.54 Å². The van der Waals surface area contributed by atoms with Gasteiger partial charge in [-0.05, 0) is 48.7 Å². The number of benzene rings is 2. The molecule has 0 aromatic heterocycles. The van der Waals surface area contributed by atoms with Crippen LogP contribution < -0.4 is 21.1 Å². The Balaban J connectivity index is 1.66. The lowest BCUT2D eigenvalue weighted by molar-refractivity contribution is 0.0824. The van der Waals surface area contributed by atoms with E-state index >= 15 is 0 Å². The van der Waals surface area contributed by atoms with Gasteiger partial charge >= 0.3 is 0 Å². The molecule has 2 aliphatic rings. The van der Waals surface area contributed by atoms with E-state index in [1.165, 1.54) is 16.8 Å². The first-order chi connectivity index (χ1) is 13.2. The van der Waals surface area contributed by atoms with Crippen LogP contribution in [0.2, 0.25) is 0 Å². The topological polar surface area (TPSA) is 62.6 Å². The smallest absolute Gasteiger partial charge is 0.133 e. The van der Waals surface area contributed by atoms with Gasteiger partial charge in [0.25, 0.3) is 0 Å². The lowest BCUT2D eigenvalue weighted by atomic mass is 9.85. The molecule has 2 saturated heterocycles. The van der Waals surface area contributed by atoms with Crippen molar-refractivity contribution in [1.29, 1.82) is 0 Å². The minimum absolute atomic E-state index is 0.104. The van der Waals surface area contributed by atoms with E-state index in [2.05, 4.69) is 58.0 Å². The van der Waals surface area contributed by atoms with Gasteiger partial charge in [0.15, 0.2) is 0 Å². The van der Waals surface area contributed by atoms with Gasteiger partial charge in [0.1, 0.15) is 12.0 Å². The largest absolute Gasteiger partial charge is 0.497 e. The Kier molecular flexibility index (Phi) is 5.16. The average Bonchev–Trinajstić information content (AvgIpc) is 2.95. The van der Waals surface area contributed by atoms with Crippen LogP contribution in [0.25, 0.3) is 6.08 Å². The molecule has 0 radical (unpaired) electrons. The second-order valence-corrected chi connectivity index (χ2v) is 7.35. The second kappa shape index (κ2) is 7.72. The molecule has 5 nitrogen and oxygen atoms in total. The summed E-state index contributed by atoms with van der Waals surface area (Å²) in [7, 11) is 1.69. The van der Waals surface area contributed by atoms with Crippen molar-refractivity contribution in [3.63, 3.8) is 0 Å². The Hall–Kier alpha value is -2.34. The molecule has 0 aliphatic carbocycles. The molecule has 0 saturated carbocycles. The summed E-state index contributed by atoms with van der Waals surface area (Å²) in [5, 5.41) is 7.15. The number of hydrogen-bond acceptors (Lipinski definition) is 5. The van der Waals surface area contributed by atoms with E-state index in [1.807, 2.05) is 18.2 Å². The number of methoxy groups -OCH3 is 1. The third kappa shape index (κ3) is 3.58. The third-order valence-corrected chi connectivity index (χ3v) is 5.67. The molecule has 0 amide bonds. The van der Waals surface area contributed by atoms with Crippen LogP contribution in [0.15, 0.2) is 60.3 Å². The van der Waals surface area contributed by atoms with Crippen molar-refractivity contribution in [2.24, 2.45) is 5.73 Å². The van der Waals surface area contributed by atoms with Gasteiger partial charge in [0.05, 0.1) is 12.6 Å². The molecule has 2 heterocycles. The Bertz CT molecular complexity index is 782. The maximum Gasteiger partial charge on any atom is 0.133 e. The first kappa shape index (κ1) is 18.0. The van der Waals surface area contributed by atoms with E-state index in [9.17, 15) is 0 Å². The summed E-state index contributed by atoms with van der Waals surface area (Å²) in [6.07, 6.45) is 4.28. The molecule has 5 heteroatoms. The molecule has 142 valence electrons. The summed E-state index contributed by atoms with van der Waals surface area (Å²) in [6, 6.07) is 18.7. The van der Waals surface area contributed by atoms with Crippen molar-refractivity contribution in [1.82, 2.24) is 15.5 Å². The van der Waals surface area contributed by atoms with Crippen LogP contribution in [0.5, 0.6) is 5.75 Å². The van der Waals surface area contributed by atoms with Crippen LogP contribution >= 0.6 is 0 Å². The number of rotatable bonds is 4. The third-order valence-electron chi connectivity index (χ3n) is 5.67. The van der Waals surface area contributed by atoms with E-state index in [0.717, 1.165) is 38.2 Å². The predicted octanol–water partition coefficient (Wildman–Crippen LogP) is 2.51. The van der Waals surface area contributed by atoms with Crippen molar-refractivity contribution >= 4 is 6.08 Å². The Morgan fingerprint density at radius 1 is 1.19 bits per heavy atom. The van der Waals surface area contributed by atoms with Gasteiger partial charge in [0, 0.05) is 18.8 Å². The molecule has 2 aromatic rings. The van der Waals surface area contributed by atoms with Crippen LogP contribution in [0.4, 0.5) is 0 Å². The molecule has 2 unspecified atom stereocenters. The molecule has 2 atom stereocenters. The van der Waals surface area contributed by atoms with Crippen molar-refractivity contribution in [2.45, 2.75) is 31.2 Å². The Morgan fingerprint density at radius 2 is 1.96 bits per heavy atom. The van der Waals surface area contributed by atoms with E-state index < -0.39 is 0 Å². The second-order valence-electron chi connectivity index (χ2n) is 7.35. The zero-order valence-corrected chi connectivity index (χ0v) is 15.8. The highest BCUT2D eigenvalue weighted by atomic mass is 16.5. The standard InChI is InChI=1S/C22H28N4O/c1-27-19-10-8-18(9-11-19)15-26-21(23)25-20(14-17-6-3-2-4-7-17)22(26)12-5-13-24-16-22/h2-4,6-11,14,21,24-25H,5,12-13,15-16,23H2,1H3/b20-14-. The van der Waals surface area contributed by atoms with Crippen LogP contribution in [-0.4, -0.2) is 36.9 Å². The minimum atomic E-state index is -0.207. The van der Waals surface area contributed by atoms with E-state index in [1.54, 1.807) is 7.11 Å². The first-order valence-corrected chi connectivity index (χ1v) is 9.61. The molecular weight excluding hydrogens is 336 g/mol. The highest BCUT2D eigenvalue weighted by Crippen LogP contribution is 2.38. The van der Waals surface area contributed by atoms with Crippen molar-refractivity contribution < 1.29 is 4.74 Å². The maximum atomic E-state index is 6.55. The molecule has 4 rings (SSSR count). The molecule has 2 aromatic carbocycles. The number of nitrogens with two attached hydrogens (primary N) is 1. The van der Waals surface area contributed by atoms with Gasteiger partial charge in [-0.25, -0.2) is 0 Å². The van der Waals surface area contributed by atoms with Gasteiger partial charge in [-0.3, -0.25) is 10.6 Å². The Morgan fingerprint density at radius 3 is 2.63 bits per heavy atom. The van der Waals surface area contributed by atoms with E-state index in [4.69, 9.17) is 10.5 Å². The lowest BCUT2D eigenvalue weighted by Gasteiger charge is -2.42. The fraction of sp³-hybridized carbons (Fsp3) is 0.364. The zero-order chi connectivity index (χ0) is 18.7. The highest BCUT2D eigenvalue weighted by Gasteiger charge is 2.49. The predicted molar refractivity (Wildman–Crippen MR) is 109 cm³/mol. The molecule has 1 spiro atoms. The van der Waals surface area contributed by atoms with Crippen molar-refractivity contribution in [3.05, 3.63) is 71.4 Å². The maximum absolute atomic E-state index is 6.55. The quantitative estimate of drug-likeness (QED) is 0.778. The number of piperidine rings is 1. The molecule has 4 N–H and O–H groups in total. The van der Waals surface area contributed by atoms with Gasteiger partial charge < -0.3 is 15.4 Å². The number of ether oxygens (including phenoxy) is 1. The summed E-state index contributed by atoms with van der Waals surface area (Å²) in [6.45, 7) is 2.76. The summed E-state index contributed by atoms with van der Waals surface area (Å²) >= 11 is 0. The van der Waals surface area contributed by atoms with Gasteiger partial charge in [-0.2, -0.15) is 0 Å². The fourth-order valence-corrected chi connectivity index (χ4v) is 4.23. The van der Waals surface area contributed by atoms with Gasteiger partial charge in [0.2, 0.25) is 0 Å². The fourth-order valence-electron chi connectivity index (χ4n) is 4.23. The zero-order valence-electron chi connectivity index (χ0n) is 15.8. The normalized spacial score (nSPS) is 27.0. The number of nitrogens with one attached hydrogen (secondary N) is 2. The van der Waals surface area contributed by atoms with Crippen LogP contribution in [0.3, 0.4) is 0 Å². The lowest BCUT2D eigenvalue weighted by Crippen LogP contribution is -2.58. The van der Waals surface area contributed by atoms with Crippen LogP contribution in [0.1, 0.15) is 24.0 Å². The summed E-state index contributed by atoms with van der Waals surface area (Å²) in [5.74, 6) is 0.876. The number of hydrogen-bond donors (Lipinski definition) is 3. The highest BCUT2D eigenvalue weighted by molar-refractivity contribution is 5.56. The molecule has 2 aliphatic heterocycles. The SMILES string of the molecule is COc1ccc(CN2C(N)N/C(=C\c3ccccc3)C23CCCNC3)cc1. The van der Waals surface area contributed by atoms with E-state index in [0.29, 0.717) is 0 Å². The molecular formula is C22H28N4O. The number of nitrogens with zero attached hydrogens (tertiary/aromatic N) is 1. The summed E-state index contributed by atoms with van der Waals surface area (Å²) in [4.78, 5) is 2.40.